The van der Waals surface area contributed by atoms with Crippen LogP contribution in [0, 0.1) is 0 Å². The number of fused-ring (bicyclic) bond motifs is 1. The average molecular weight is 329 g/mol. The summed E-state index contributed by atoms with van der Waals surface area (Å²) in [6, 6.07) is 18.8. The van der Waals surface area contributed by atoms with Crippen LogP contribution in [-0.2, 0) is 6.54 Å². The number of furan rings is 1. The summed E-state index contributed by atoms with van der Waals surface area (Å²) in [6.45, 7) is 0.388. The van der Waals surface area contributed by atoms with Crippen LogP contribution in [0.15, 0.2) is 77.5 Å². The molecule has 3 aromatic heterocycles. The van der Waals surface area contributed by atoms with Crippen molar-refractivity contribution >= 4 is 16.8 Å². The summed E-state index contributed by atoms with van der Waals surface area (Å²) < 4.78 is 5.31. The lowest BCUT2D eigenvalue weighted by Crippen LogP contribution is -2.23. The molecule has 0 aliphatic rings. The fourth-order valence-corrected chi connectivity index (χ4v) is 2.56. The van der Waals surface area contributed by atoms with E-state index in [4.69, 9.17) is 4.42 Å². The van der Waals surface area contributed by atoms with Crippen LogP contribution in [0.25, 0.3) is 22.4 Å². The van der Waals surface area contributed by atoms with E-state index in [0.717, 1.165) is 27.9 Å². The predicted octanol–water partition coefficient (Wildman–Crippen LogP) is 3.82. The van der Waals surface area contributed by atoms with E-state index in [-0.39, 0.29) is 5.91 Å². The Balaban J connectivity index is 1.44. The van der Waals surface area contributed by atoms with Crippen LogP contribution in [0.1, 0.15) is 16.1 Å². The second-order valence-corrected chi connectivity index (χ2v) is 5.60. The third-order valence-electron chi connectivity index (χ3n) is 3.88. The molecule has 1 aromatic carbocycles. The van der Waals surface area contributed by atoms with Crippen molar-refractivity contribution in [2.24, 2.45) is 0 Å². The van der Waals surface area contributed by atoms with Gasteiger partial charge in [0.25, 0.3) is 5.91 Å². The highest BCUT2D eigenvalue weighted by Crippen LogP contribution is 2.17. The molecule has 122 valence electrons. The van der Waals surface area contributed by atoms with Crippen LogP contribution in [0.5, 0.6) is 0 Å². The zero-order valence-electron chi connectivity index (χ0n) is 13.3. The number of nitrogens with one attached hydrogen (secondary N) is 1. The zero-order valence-corrected chi connectivity index (χ0v) is 13.3. The van der Waals surface area contributed by atoms with Gasteiger partial charge in [-0.15, -0.1) is 0 Å². The number of hydrogen-bond donors (Lipinski definition) is 1. The van der Waals surface area contributed by atoms with E-state index < -0.39 is 0 Å². The maximum Gasteiger partial charge on any atom is 0.270 e. The molecule has 0 radical (unpaired) electrons. The molecular weight excluding hydrogens is 314 g/mol. The first-order valence-corrected chi connectivity index (χ1v) is 7.92. The van der Waals surface area contributed by atoms with E-state index in [2.05, 4.69) is 15.3 Å². The van der Waals surface area contributed by atoms with Gasteiger partial charge in [-0.1, -0.05) is 30.3 Å². The normalized spacial score (nSPS) is 10.7. The Kier molecular flexibility index (Phi) is 3.96. The van der Waals surface area contributed by atoms with Gasteiger partial charge in [-0.2, -0.15) is 0 Å². The third-order valence-corrected chi connectivity index (χ3v) is 3.88. The van der Waals surface area contributed by atoms with Gasteiger partial charge in [-0.05, 0) is 35.9 Å². The molecule has 3 heterocycles. The van der Waals surface area contributed by atoms with Crippen molar-refractivity contribution in [3.63, 3.8) is 0 Å². The number of aromatic nitrogens is 2. The number of amides is 1. The van der Waals surface area contributed by atoms with E-state index >= 15 is 0 Å². The Morgan fingerprint density at radius 2 is 1.92 bits per heavy atom. The summed E-state index contributed by atoms with van der Waals surface area (Å²) in [5.41, 5.74) is 2.87. The van der Waals surface area contributed by atoms with E-state index in [9.17, 15) is 4.79 Å². The van der Waals surface area contributed by atoms with Crippen LogP contribution >= 0.6 is 0 Å². The van der Waals surface area contributed by atoms with Crippen molar-refractivity contribution in [2.75, 3.05) is 0 Å². The fraction of sp³-hybridized carbons (Fsp3) is 0.0500. The number of nitrogens with zero attached hydrogens (tertiary/aromatic N) is 2. The van der Waals surface area contributed by atoms with Gasteiger partial charge in [0.2, 0.25) is 0 Å². The van der Waals surface area contributed by atoms with Crippen LogP contribution in [0.2, 0.25) is 0 Å². The third kappa shape index (κ3) is 3.26. The molecule has 0 fully saturated rings. The summed E-state index contributed by atoms with van der Waals surface area (Å²) in [6.07, 6.45) is 3.34. The lowest BCUT2D eigenvalue weighted by Gasteiger charge is -2.06. The SMILES string of the molecule is O=C(NCc1ccc(-c2ccco2)nc1)c1ccc2ccccc2n1. The predicted molar refractivity (Wildman–Crippen MR) is 94.9 cm³/mol. The molecule has 5 nitrogen and oxygen atoms in total. The minimum atomic E-state index is -0.208. The van der Waals surface area contributed by atoms with Crippen LogP contribution < -0.4 is 5.32 Å². The summed E-state index contributed by atoms with van der Waals surface area (Å²) in [4.78, 5) is 21.1. The largest absolute Gasteiger partial charge is 0.463 e. The van der Waals surface area contributed by atoms with Crippen LogP contribution in [-0.4, -0.2) is 15.9 Å². The molecule has 0 saturated carbocycles. The monoisotopic (exact) mass is 329 g/mol. The number of hydrogen-bond acceptors (Lipinski definition) is 4. The summed E-state index contributed by atoms with van der Waals surface area (Å²) in [5, 5.41) is 3.88. The molecule has 0 aliphatic carbocycles. The Labute approximate surface area is 144 Å². The van der Waals surface area contributed by atoms with E-state index in [1.54, 1.807) is 18.5 Å². The molecule has 25 heavy (non-hydrogen) atoms. The lowest BCUT2D eigenvalue weighted by atomic mass is 10.2. The maximum absolute atomic E-state index is 12.3. The number of para-hydroxylation sites is 1. The maximum atomic E-state index is 12.3. The standard InChI is InChI=1S/C20H15N3O2/c24-20(18-10-8-15-4-1-2-5-16(15)23-18)22-13-14-7-9-17(21-12-14)19-6-3-11-25-19/h1-12H,13H2,(H,22,24). The second kappa shape index (κ2) is 6.57. The Bertz CT molecular complexity index is 1010. The minimum absolute atomic E-state index is 0.208. The molecule has 0 saturated heterocycles. The molecule has 0 aliphatic heterocycles. The Hall–Kier alpha value is -3.47. The highest BCUT2D eigenvalue weighted by molar-refractivity contribution is 5.94. The van der Waals surface area contributed by atoms with E-state index in [1.165, 1.54) is 0 Å². The van der Waals surface area contributed by atoms with E-state index in [0.29, 0.717) is 12.2 Å². The molecule has 0 bridgehead atoms. The van der Waals surface area contributed by atoms with Crippen LogP contribution in [0.4, 0.5) is 0 Å². The Morgan fingerprint density at radius 3 is 2.72 bits per heavy atom. The molecule has 0 atom stereocenters. The quantitative estimate of drug-likeness (QED) is 0.618. The summed E-state index contributed by atoms with van der Waals surface area (Å²) in [7, 11) is 0. The van der Waals surface area contributed by atoms with E-state index in [1.807, 2.05) is 54.6 Å². The molecule has 1 amide bonds. The zero-order chi connectivity index (χ0) is 17.1. The first-order valence-electron chi connectivity index (χ1n) is 7.92. The van der Waals surface area contributed by atoms with Crippen molar-refractivity contribution in [3.8, 4) is 11.5 Å². The molecular formula is C20H15N3O2. The molecule has 4 aromatic rings. The highest BCUT2D eigenvalue weighted by Gasteiger charge is 2.08. The molecule has 5 heteroatoms. The first-order chi connectivity index (χ1) is 12.3. The smallest absolute Gasteiger partial charge is 0.270 e. The second-order valence-electron chi connectivity index (χ2n) is 5.60. The lowest BCUT2D eigenvalue weighted by molar-refractivity contribution is 0.0946. The summed E-state index contributed by atoms with van der Waals surface area (Å²) >= 11 is 0. The van der Waals surface area contributed by atoms with Crippen molar-refractivity contribution in [3.05, 3.63) is 84.4 Å². The first kappa shape index (κ1) is 15.1. The molecule has 1 N–H and O–H groups in total. The topological polar surface area (TPSA) is 68.0 Å². The number of rotatable bonds is 4. The average Bonchev–Trinajstić information content (AvgIpc) is 3.21. The molecule has 4 rings (SSSR count). The van der Waals surface area contributed by atoms with Crippen LogP contribution in [0.3, 0.4) is 0 Å². The Morgan fingerprint density at radius 1 is 1.00 bits per heavy atom. The van der Waals surface area contributed by atoms with Gasteiger partial charge in [-0.3, -0.25) is 9.78 Å². The summed E-state index contributed by atoms with van der Waals surface area (Å²) in [5.74, 6) is 0.511. The molecule has 0 unspecified atom stereocenters. The minimum Gasteiger partial charge on any atom is -0.463 e. The number of pyridine rings is 2. The van der Waals surface area contributed by atoms with Gasteiger partial charge < -0.3 is 9.73 Å². The van der Waals surface area contributed by atoms with Crippen molar-refractivity contribution in [2.45, 2.75) is 6.54 Å². The van der Waals surface area contributed by atoms with Gasteiger partial charge in [0.1, 0.15) is 11.4 Å². The van der Waals surface area contributed by atoms with Gasteiger partial charge in [0.15, 0.2) is 5.76 Å². The van der Waals surface area contributed by atoms with Gasteiger partial charge in [0, 0.05) is 18.1 Å². The number of benzene rings is 1. The van der Waals surface area contributed by atoms with Gasteiger partial charge in [0.05, 0.1) is 11.8 Å². The van der Waals surface area contributed by atoms with Crippen molar-refractivity contribution < 1.29 is 9.21 Å². The van der Waals surface area contributed by atoms with Crippen molar-refractivity contribution in [1.29, 1.82) is 0 Å². The van der Waals surface area contributed by atoms with Gasteiger partial charge >= 0.3 is 0 Å². The molecule has 0 spiro atoms. The fourth-order valence-electron chi connectivity index (χ4n) is 2.56. The van der Waals surface area contributed by atoms with Crippen molar-refractivity contribution in [1.82, 2.24) is 15.3 Å². The number of carbonyl (C=O) groups excluding carboxylic acids is 1. The van der Waals surface area contributed by atoms with Gasteiger partial charge in [-0.25, -0.2) is 4.98 Å². The highest BCUT2D eigenvalue weighted by atomic mass is 16.3. The number of carbonyl (C=O) groups is 1.